The van der Waals surface area contributed by atoms with Gasteiger partial charge in [0.05, 0.1) is 19.6 Å². The Balaban J connectivity index is 1.77. The van der Waals surface area contributed by atoms with Crippen LogP contribution in [0.2, 0.25) is 0 Å². The first-order chi connectivity index (χ1) is 11.0. The summed E-state index contributed by atoms with van der Waals surface area (Å²) in [6, 6.07) is -1.13. The number of carbonyl (C=O) groups excluding carboxylic acids is 3. The Bertz CT molecular complexity index is 451. The molecule has 2 fully saturated rings. The number of carbonyl (C=O) groups is 3. The van der Waals surface area contributed by atoms with Crippen LogP contribution in [0.1, 0.15) is 19.8 Å². The number of imide groups is 1. The maximum absolute atomic E-state index is 12.2. The predicted octanol–water partition coefficient (Wildman–Crippen LogP) is -0.502. The lowest BCUT2D eigenvalue weighted by atomic mass is 10.2. The molecule has 2 rings (SSSR count). The summed E-state index contributed by atoms with van der Waals surface area (Å²) in [5.41, 5.74) is 0. The number of hydrogen-bond acceptors (Lipinski definition) is 5. The number of nitrogens with zero attached hydrogens (tertiary/aromatic N) is 3. The maximum atomic E-state index is 12.2. The second-order valence-corrected chi connectivity index (χ2v) is 5.97. The van der Waals surface area contributed by atoms with Crippen LogP contribution in [0.25, 0.3) is 0 Å². The number of amides is 4. The predicted molar refractivity (Wildman–Crippen MR) is 83.8 cm³/mol. The van der Waals surface area contributed by atoms with E-state index >= 15 is 0 Å². The minimum absolute atomic E-state index is 0.0183. The summed E-state index contributed by atoms with van der Waals surface area (Å²) in [7, 11) is 1.73. The fraction of sp³-hybridized carbons (Fsp3) is 0.800. The lowest BCUT2D eigenvalue weighted by Crippen LogP contribution is -2.43. The minimum atomic E-state index is -0.729. The zero-order valence-corrected chi connectivity index (χ0v) is 13.9. The van der Waals surface area contributed by atoms with Gasteiger partial charge in [-0.15, -0.1) is 0 Å². The molecule has 0 bridgehead atoms. The monoisotopic (exact) mass is 326 g/mol. The Kier molecular flexibility index (Phi) is 6.35. The summed E-state index contributed by atoms with van der Waals surface area (Å²) < 4.78 is 5.29. The van der Waals surface area contributed by atoms with Gasteiger partial charge in [0.1, 0.15) is 6.04 Å². The molecule has 2 aliphatic heterocycles. The lowest BCUT2D eigenvalue weighted by Gasteiger charge is -2.28. The zero-order chi connectivity index (χ0) is 16.8. The Morgan fingerprint density at radius 2 is 2.00 bits per heavy atom. The normalized spacial score (nSPS) is 22.3. The Morgan fingerprint density at radius 3 is 2.65 bits per heavy atom. The van der Waals surface area contributed by atoms with E-state index in [1.807, 2.05) is 6.92 Å². The third-order valence-corrected chi connectivity index (χ3v) is 4.21. The number of rotatable bonds is 7. The first kappa shape index (κ1) is 17.7. The molecule has 2 heterocycles. The molecule has 0 aliphatic carbocycles. The van der Waals surface area contributed by atoms with Gasteiger partial charge in [0, 0.05) is 39.8 Å². The standard InChI is InChI=1S/C15H26N4O4/c1-3-4-19-14(21)12(16-15(19)22)11-13(20)17(2)5-6-18-7-9-23-10-8-18/h12H,3-11H2,1-2H3,(H,16,22). The highest BCUT2D eigenvalue weighted by atomic mass is 16.5. The number of urea groups is 1. The summed E-state index contributed by atoms with van der Waals surface area (Å²) in [6.45, 7) is 6.91. The molecule has 0 aromatic heterocycles. The molecule has 130 valence electrons. The number of morpholine rings is 1. The SMILES string of the molecule is CCCN1C(=O)NC(CC(=O)N(C)CCN2CCOCC2)C1=O. The molecule has 2 aliphatic rings. The molecule has 0 spiro atoms. The van der Waals surface area contributed by atoms with Gasteiger partial charge in [0.25, 0.3) is 5.91 Å². The molecule has 1 unspecified atom stereocenters. The van der Waals surface area contributed by atoms with Crippen molar-refractivity contribution in [1.82, 2.24) is 20.0 Å². The van der Waals surface area contributed by atoms with E-state index in [0.717, 1.165) is 32.8 Å². The van der Waals surface area contributed by atoms with Crippen LogP contribution in [0, 0.1) is 0 Å². The highest BCUT2D eigenvalue weighted by Crippen LogP contribution is 2.11. The van der Waals surface area contributed by atoms with Crippen LogP contribution in [0.4, 0.5) is 4.79 Å². The van der Waals surface area contributed by atoms with E-state index in [1.165, 1.54) is 4.90 Å². The summed E-state index contributed by atoms with van der Waals surface area (Å²) >= 11 is 0. The van der Waals surface area contributed by atoms with Crippen molar-refractivity contribution in [2.24, 2.45) is 0 Å². The van der Waals surface area contributed by atoms with Crippen molar-refractivity contribution in [2.75, 3.05) is 53.0 Å². The Labute approximate surface area is 136 Å². The molecule has 1 atom stereocenters. The molecule has 0 aromatic carbocycles. The average Bonchev–Trinajstić information content (AvgIpc) is 2.81. The number of hydrogen-bond donors (Lipinski definition) is 1. The van der Waals surface area contributed by atoms with Gasteiger partial charge in [-0.3, -0.25) is 19.4 Å². The van der Waals surface area contributed by atoms with E-state index in [1.54, 1.807) is 11.9 Å². The Hall–Kier alpha value is -1.67. The summed E-state index contributed by atoms with van der Waals surface area (Å²) in [5, 5.41) is 2.59. The quantitative estimate of drug-likeness (QED) is 0.638. The molecular weight excluding hydrogens is 300 g/mol. The van der Waals surface area contributed by atoms with Crippen molar-refractivity contribution in [1.29, 1.82) is 0 Å². The molecule has 23 heavy (non-hydrogen) atoms. The van der Waals surface area contributed by atoms with E-state index in [9.17, 15) is 14.4 Å². The van der Waals surface area contributed by atoms with Gasteiger partial charge < -0.3 is 15.0 Å². The van der Waals surface area contributed by atoms with Crippen LogP contribution in [0.5, 0.6) is 0 Å². The van der Waals surface area contributed by atoms with Crippen molar-refractivity contribution in [3.8, 4) is 0 Å². The second-order valence-electron chi connectivity index (χ2n) is 5.97. The number of ether oxygens (including phenoxy) is 1. The van der Waals surface area contributed by atoms with Gasteiger partial charge >= 0.3 is 6.03 Å². The fourth-order valence-electron chi connectivity index (χ4n) is 2.72. The molecule has 8 heteroatoms. The van der Waals surface area contributed by atoms with Gasteiger partial charge in [-0.05, 0) is 6.42 Å². The molecular formula is C15H26N4O4. The number of nitrogens with one attached hydrogen (secondary N) is 1. The summed E-state index contributed by atoms with van der Waals surface area (Å²) in [6.07, 6.45) is 0.726. The van der Waals surface area contributed by atoms with E-state index in [2.05, 4.69) is 10.2 Å². The maximum Gasteiger partial charge on any atom is 0.324 e. The third-order valence-electron chi connectivity index (χ3n) is 4.21. The average molecular weight is 326 g/mol. The van der Waals surface area contributed by atoms with Crippen molar-refractivity contribution in [3.05, 3.63) is 0 Å². The molecule has 1 N–H and O–H groups in total. The molecule has 2 saturated heterocycles. The van der Waals surface area contributed by atoms with Gasteiger partial charge in [-0.2, -0.15) is 0 Å². The van der Waals surface area contributed by atoms with E-state index in [-0.39, 0.29) is 18.2 Å². The molecule has 0 saturated carbocycles. The van der Waals surface area contributed by atoms with Crippen LogP contribution < -0.4 is 5.32 Å². The van der Waals surface area contributed by atoms with E-state index in [4.69, 9.17) is 4.74 Å². The van der Waals surface area contributed by atoms with Crippen LogP contribution in [-0.2, 0) is 14.3 Å². The van der Waals surface area contributed by atoms with Gasteiger partial charge in [0.2, 0.25) is 5.91 Å². The van der Waals surface area contributed by atoms with Crippen molar-refractivity contribution < 1.29 is 19.1 Å². The van der Waals surface area contributed by atoms with Gasteiger partial charge in [0.15, 0.2) is 0 Å². The summed E-state index contributed by atoms with van der Waals surface area (Å²) in [5.74, 6) is -0.429. The zero-order valence-electron chi connectivity index (χ0n) is 13.9. The first-order valence-corrected chi connectivity index (χ1v) is 8.19. The molecule has 0 radical (unpaired) electrons. The highest BCUT2D eigenvalue weighted by Gasteiger charge is 2.38. The van der Waals surface area contributed by atoms with E-state index < -0.39 is 12.1 Å². The van der Waals surface area contributed by atoms with Crippen LogP contribution in [0.15, 0.2) is 0 Å². The highest BCUT2D eigenvalue weighted by molar-refractivity contribution is 6.05. The molecule has 8 nitrogen and oxygen atoms in total. The van der Waals surface area contributed by atoms with Crippen molar-refractivity contribution in [3.63, 3.8) is 0 Å². The number of likely N-dealkylation sites (N-methyl/N-ethyl adjacent to an activating group) is 1. The lowest BCUT2D eigenvalue weighted by molar-refractivity contribution is -0.135. The van der Waals surface area contributed by atoms with Crippen molar-refractivity contribution >= 4 is 17.8 Å². The van der Waals surface area contributed by atoms with Crippen LogP contribution >= 0.6 is 0 Å². The first-order valence-electron chi connectivity index (χ1n) is 8.19. The van der Waals surface area contributed by atoms with Crippen molar-refractivity contribution in [2.45, 2.75) is 25.8 Å². The topological polar surface area (TPSA) is 82.2 Å². The largest absolute Gasteiger partial charge is 0.379 e. The molecule has 4 amide bonds. The minimum Gasteiger partial charge on any atom is -0.379 e. The second kappa shape index (κ2) is 8.26. The van der Waals surface area contributed by atoms with Gasteiger partial charge in [-0.25, -0.2) is 4.79 Å². The van der Waals surface area contributed by atoms with E-state index in [0.29, 0.717) is 19.5 Å². The molecule has 0 aromatic rings. The van der Waals surface area contributed by atoms with Crippen LogP contribution in [0.3, 0.4) is 0 Å². The summed E-state index contributed by atoms with van der Waals surface area (Å²) in [4.78, 5) is 41.1. The third kappa shape index (κ3) is 4.65. The van der Waals surface area contributed by atoms with Gasteiger partial charge in [-0.1, -0.05) is 6.92 Å². The fourth-order valence-corrected chi connectivity index (χ4v) is 2.72. The smallest absolute Gasteiger partial charge is 0.324 e. The van der Waals surface area contributed by atoms with Crippen LogP contribution in [-0.4, -0.2) is 91.6 Å². The Morgan fingerprint density at radius 1 is 1.30 bits per heavy atom.